The van der Waals surface area contributed by atoms with Crippen molar-refractivity contribution in [1.82, 2.24) is 9.80 Å². The van der Waals surface area contributed by atoms with E-state index in [0.717, 1.165) is 32.2 Å². The van der Waals surface area contributed by atoms with Crippen LogP contribution in [0.2, 0.25) is 0 Å². The summed E-state index contributed by atoms with van der Waals surface area (Å²) in [6, 6.07) is 0.363. The zero-order valence-corrected chi connectivity index (χ0v) is 20.9. The average molecular weight is 441 g/mol. The number of carbonyl (C=O) groups is 2. The lowest BCUT2D eigenvalue weighted by Gasteiger charge is -2.37. The van der Waals surface area contributed by atoms with Crippen LogP contribution in [0.5, 0.6) is 0 Å². The van der Waals surface area contributed by atoms with E-state index >= 15 is 0 Å². The minimum atomic E-state index is -0.440. The Bertz CT molecular complexity index is 620. The maximum atomic E-state index is 11.9. The second-order valence-electron chi connectivity index (χ2n) is 10.8. The third kappa shape index (κ3) is 9.93. The van der Waals surface area contributed by atoms with Crippen LogP contribution in [0.4, 0.5) is 9.59 Å². The third-order valence-corrected chi connectivity index (χ3v) is 5.32. The molecule has 0 aromatic heterocycles. The van der Waals surface area contributed by atoms with Gasteiger partial charge in [0.25, 0.3) is 0 Å². The summed E-state index contributed by atoms with van der Waals surface area (Å²) in [5.74, 6) is 0.327. The normalized spacial score (nSPS) is 24.8. The lowest BCUT2D eigenvalue weighted by molar-refractivity contribution is 0.00348. The Morgan fingerprint density at radius 3 is 1.84 bits per heavy atom. The van der Waals surface area contributed by atoms with Crippen molar-refractivity contribution in [3.8, 4) is 0 Å². The van der Waals surface area contributed by atoms with E-state index in [2.05, 4.69) is 6.58 Å². The monoisotopic (exact) mass is 440 g/mol. The van der Waals surface area contributed by atoms with E-state index in [-0.39, 0.29) is 30.9 Å². The number of aliphatic hydroxyl groups excluding tert-OH is 1. The van der Waals surface area contributed by atoms with Gasteiger partial charge in [0, 0.05) is 31.8 Å². The Labute approximate surface area is 188 Å². The summed E-state index contributed by atoms with van der Waals surface area (Å²) in [6.07, 6.45) is 3.05. The van der Waals surface area contributed by atoms with Crippen molar-refractivity contribution >= 4 is 12.2 Å². The highest BCUT2D eigenvalue weighted by Crippen LogP contribution is 2.24. The van der Waals surface area contributed by atoms with Gasteiger partial charge in [0.05, 0.1) is 0 Å². The molecule has 2 rings (SSSR count). The van der Waals surface area contributed by atoms with E-state index in [1.807, 2.05) is 55.4 Å². The quantitative estimate of drug-likeness (QED) is 0.582. The van der Waals surface area contributed by atoms with Crippen molar-refractivity contribution in [2.45, 2.75) is 104 Å². The van der Waals surface area contributed by atoms with Gasteiger partial charge in [-0.3, -0.25) is 0 Å². The van der Waals surface area contributed by atoms with Gasteiger partial charge < -0.3 is 24.4 Å². The average Bonchev–Trinajstić information content (AvgIpc) is 2.58. The molecular weight excluding hydrogens is 396 g/mol. The summed E-state index contributed by atoms with van der Waals surface area (Å²) in [5.41, 5.74) is 0.373. The SMILES string of the molecule is C=C1CCN(C(=O)OC(C)(C)C)C(C)C1.CC1CC(CO)CCN1C(=O)OC(C)(C)C. The summed E-state index contributed by atoms with van der Waals surface area (Å²) in [7, 11) is 0. The number of aliphatic hydroxyl groups is 1. The van der Waals surface area contributed by atoms with Gasteiger partial charge >= 0.3 is 12.2 Å². The fraction of sp³-hybridized carbons (Fsp3) is 0.833. The smallest absolute Gasteiger partial charge is 0.410 e. The predicted octanol–water partition coefficient (Wildman–Crippen LogP) is 4.98. The first-order valence-electron chi connectivity index (χ1n) is 11.4. The van der Waals surface area contributed by atoms with E-state index in [0.29, 0.717) is 12.5 Å². The molecule has 2 saturated heterocycles. The highest BCUT2D eigenvalue weighted by molar-refractivity contribution is 5.69. The molecule has 2 aliphatic rings. The van der Waals surface area contributed by atoms with Crippen LogP contribution in [-0.4, -0.2) is 70.1 Å². The highest BCUT2D eigenvalue weighted by Gasteiger charge is 2.31. The Morgan fingerprint density at radius 1 is 0.968 bits per heavy atom. The Kier molecular flexibility index (Phi) is 9.86. The molecule has 180 valence electrons. The lowest BCUT2D eigenvalue weighted by atomic mass is 9.93. The van der Waals surface area contributed by atoms with Crippen LogP contribution >= 0.6 is 0 Å². The highest BCUT2D eigenvalue weighted by atomic mass is 16.6. The number of rotatable bonds is 1. The molecule has 0 aliphatic carbocycles. The van der Waals surface area contributed by atoms with Crippen molar-refractivity contribution < 1.29 is 24.2 Å². The van der Waals surface area contributed by atoms with Gasteiger partial charge in [0.1, 0.15) is 11.2 Å². The van der Waals surface area contributed by atoms with Gasteiger partial charge in [-0.15, -0.1) is 0 Å². The van der Waals surface area contributed by atoms with E-state index in [1.54, 1.807) is 9.80 Å². The minimum absolute atomic E-state index is 0.153. The number of likely N-dealkylation sites (tertiary alicyclic amines) is 2. The molecule has 3 atom stereocenters. The molecular formula is C24H44N2O5. The summed E-state index contributed by atoms with van der Waals surface area (Å²) < 4.78 is 10.7. The van der Waals surface area contributed by atoms with Crippen molar-refractivity contribution in [2.75, 3.05) is 19.7 Å². The zero-order chi connectivity index (χ0) is 24.0. The second kappa shape index (κ2) is 11.2. The first-order chi connectivity index (χ1) is 14.1. The largest absolute Gasteiger partial charge is 0.444 e. The van der Waals surface area contributed by atoms with Gasteiger partial charge in [-0.2, -0.15) is 0 Å². The van der Waals surface area contributed by atoms with Crippen molar-refractivity contribution in [2.24, 2.45) is 5.92 Å². The number of carbonyl (C=O) groups excluding carboxylic acids is 2. The first kappa shape index (κ1) is 27.3. The third-order valence-electron chi connectivity index (χ3n) is 5.32. The number of hydrogen-bond acceptors (Lipinski definition) is 5. The number of ether oxygens (including phenoxy) is 2. The molecule has 2 fully saturated rings. The van der Waals surface area contributed by atoms with Crippen LogP contribution in [0.25, 0.3) is 0 Å². The van der Waals surface area contributed by atoms with Gasteiger partial charge in [-0.25, -0.2) is 9.59 Å². The molecule has 0 aromatic carbocycles. The van der Waals surface area contributed by atoms with E-state index in [4.69, 9.17) is 14.6 Å². The number of piperidine rings is 2. The number of hydrogen-bond donors (Lipinski definition) is 1. The molecule has 7 heteroatoms. The molecule has 0 spiro atoms. The fourth-order valence-electron chi connectivity index (χ4n) is 3.75. The summed E-state index contributed by atoms with van der Waals surface area (Å²) in [4.78, 5) is 27.2. The second-order valence-corrected chi connectivity index (χ2v) is 10.8. The molecule has 0 bridgehead atoms. The Morgan fingerprint density at radius 2 is 1.45 bits per heavy atom. The van der Waals surface area contributed by atoms with Gasteiger partial charge in [-0.05, 0) is 87.0 Å². The van der Waals surface area contributed by atoms with Gasteiger partial charge in [0.2, 0.25) is 0 Å². The number of nitrogens with zero attached hydrogens (tertiary/aromatic N) is 2. The molecule has 2 amide bonds. The minimum Gasteiger partial charge on any atom is -0.444 e. The van der Waals surface area contributed by atoms with E-state index < -0.39 is 11.2 Å². The Balaban J connectivity index is 0.000000311. The molecule has 31 heavy (non-hydrogen) atoms. The van der Waals surface area contributed by atoms with Crippen LogP contribution in [0, 0.1) is 5.92 Å². The van der Waals surface area contributed by atoms with Crippen molar-refractivity contribution in [1.29, 1.82) is 0 Å². The molecule has 0 saturated carbocycles. The van der Waals surface area contributed by atoms with Crippen molar-refractivity contribution in [3.63, 3.8) is 0 Å². The van der Waals surface area contributed by atoms with Crippen LogP contribution in [0.3, 0.4) is 0 Å². The van der Waals surface area contributed by atoms with Gasteiger partial charge in [-0.1, -0.05) is 12.2 Å². The number of amides is 2. The molecule has 1 N–H and O–H groups in total. The molecule has 2 heterocycles. The molecule has 0 radical (unpaired) electrons. The fourth-order valence-corrected chi connectivity index (χ4v) is 3.75. The van der Waals surface area contributed by atoms with E-state index in [1.165, 1.54) is 5.57 Å². The molecule has 2 aliphatic heterocycles. The summed E-state index contributed by atoms with van der Waals surface area (Å²) in [5, 5.41) is 9.09. The maximum Gasteiger partial charge on any atom is 0.410 e. The zero-order valence-electron chi connectivity index (χ0n) is 20.9. The molecule has 3 unspecified atom stereocenters. The summed E-state index contributed by atoms with van der Waals surface area (Å²) >= 11 is 0. The Hall–Kier alpha value is -1.76. The first-order valence-corrected chi connectivity index (χ1v) is 11.4. The maximum absolute atomic E-state index is 11.9. The van der Waals surface area contributed by atoms with Gasteiger partial charge in [0.15, 0.2) is 0 Å². The van der Waals surface area contributed by atoms with Crippen LogP contribution in [0.15, 0.2) is 12.2 Å². The van der Waals surface area contributed by atoms with Crippen LogP contribution < -0.4 is 0 Å². The topological polar surface area (TPSA) is 79.3 Å². The molecule has 7 nitrogen and oxygen atoms in total. The summed E-state index contributed by atoms with van der Waals surface area (Å²) in [6.45, 7) is 20.9. The van der Waals surface area contributed by atoms with Crippen LogP contribution in [-0.2, 0) is 9.47 Å². The molecule has 0 aromatic rings. The van der Waals surface area contributed by atoms with Crippen LogP contribution in [0.1, 0.15) is 81.1 Å². The lowest BCUT2D eigenvalue weighted by Crippen LogP contribution is -2.47. The van der Waals surface area contributed by atoms with E-state index in [9.17, 15) is 9.59 Å². The standard InChI is InChI=1S/C12H23NO3.C12H21NO2/c1-9-7-10(8-14)5-6-13(9)11(15)16-12(2,3)4;1-9-6-7-13(10(2)8-9)11(14)15-12(3,4)5/h9-10,14H,5-8H2,1-4H3;10H,1,6-8H2,2-5H3. The predicted molar refractivity (Wildman–Crippen MR) is 123 cm³/mol. The van der Waals surface area contributed by atoms with Crippen molar-refractivity contribution in [3.05, 3.63) is 12.2 Å².